The average Bonchev–Trinajstić information content (AvgIpc) is 3.20. The van der Waals surface area contributed by atoms with E-state index in [2.05, 4.69) is 27.1 Å². The Morgan fingerprint density at radius 3 is 2.56 bits per heavy atom. The first-order valence-electron chi connectivity index (χ1n) is 11.3. The Labute approximate surface area is 200 Å². The highest BCUT2D eigenvalue weighted by molar-refractivity contribution is 7.99. The van der Waals surface area contributed by atoms with Crippen LogP contribution >= 0.6 is 11.8 Å². The molecule has 10 nitrogen and oxygen atoms in total. The van der Waals surface area contributed by atoms with E-state index in [9.17, 15) is 14.4 Å². The number of piperidine rings is 1. The summed E-state index contributed by atoms with van der Waals surface area (Å²) in [4.78, 5) is 42.9. The number of aromatic amines is 2. The van der Waals surface area contributed by atoms with Gasteiger partial charge in [0.1, 0.15) is 11.6 Å². The molecule has 0 bridgehead atoms. The molecule has 1 aliphatic heterocycles. The second kappa shape index (κ2) is 10.7. The highest BCUT2D eigenvalue weighted by Gasteiger charge is 2.22. The van der Waals surface area contributed by atoms with Gasteiger partial charge in [0.2, 0.25) is 5.91 Å². The van der Waals surface area contributed by atoms with E-state index < -0.39 is 11.2 Å². The Balaban J connectivity index is 1.59. The molecule has 2 aromatic heterocycles. The standard InChI is InChI=1S/C23H28N6O4S/c1-3-33-18-6-4-17(5-7-18)29-19(12-16-13-20(30)25-22(32)24-16)26-27-23(29)34-14-21(31)28-10-8-15(2)9-11-28/h4-7,13,15H,3,8-12,14H2,1-2H3,(H2,24,25,30,32). The molecule has 34 heavy (non-hydrogen) atoms. The van der Waals surface area contributed by atoms with Gasteiger partial charge in [0.25, 0.3) is 5.56 Å². The second-order valence-electron chi connectivity index (χ2n) is 8.30. The zero-order valence-electron chi connectivity index (χ0n) is 19.2. The van der Waals surface area contributed by atoms with Gasteiger partial charge < -0.3 is 14.6 Å². The number of nitrogens with zero attached hydrogens (tertiary/aromatic N) is 4. The smallest absolute Gasteiger partial charge is 0.325 e. The summed E-state index contributed by atoms with van der Waals surface area (Å²) in [5.74, 6) is 2.26. The molecular formula is C23H28N6O4S. The van der Waals surface area contributed by atoms with E-state index in [-0.39, 0.29) is 18.1 Å². The first-order valence-corrected chi connectivity index (χ1v) is 12.3. The zero-order chi connectivity index (χ0) is 24.1. The van der Waals surface area contributed by atoms with Crippen molar-refractivity contribution in [2.75, 3.05) is 25.4 Å². The van der Waals surface area contributed by atoms with E-state index in [1.807, 2.05) is 40.7 Å². The molecule has 0 atom stereocenters. The van der Waals surface area contributed by atoms with Crippen LogP contribution in [0.15, 0.2) is 45.1 Å². The normalized spacial score (nSPS) is 14.4. The SMILES string of the molecule is CCOc1ccc(-n2c(Cc3cc(=O)[nH]c(=O)[nH]3)nnc2SCC(=O)N2CCC(C)CC2)cc1. The lowest BCUT2D eigenvalue weighted by atomic mass is 9.99. The molecule has 0 saturated carbocycles. The fourth-order valence-corrected chi connectivity index (χ4v) is 4.76. The van der Waals surface area contributed by atoms with Crippen molar-refractivity contribution in [1.29, 1.82) is 0 Å². The largest absolute Gasteiger partial charge is 0.494 e. The summed E-state index contributed by atoms with van der Waals surface area (Å²) in [5.41, 5.74) is 0.147. The van der Waals surface area contributed by atoms with E-state index in [0.29, 0.717) is 29.2 Å². The van der Waals surface area contributed by atoms with Gasteiger partial charge in [-0.25, -0.2) is 4.79 Å². The number of thioether (sulfide) groups is 1. The molecule has 1 saturated heterocycles. The number of aromatic nitrogens is 5. The summed E-state index contributed by atoms with van der Waals surface area (Å²) >= 11 is 1.32. The Kier molecular flexibility index (Phi) is 7.51. The molecule has 3 aromatic rings. The van der Waals surface area contributed by atoms with E-state index in [0.717, 1.165) is 37.4 Å². The molecule has 2 N–H and O–H groups in total. The van der Waals surface area contributed by atoms with Crippen LogP contribution in [0.25, 0.3) is 5.69 Å². The zero-order valence-corrected chi connectivity index (χ0v) is 20.1. The molecule has 1 aromatic carbocycles. The molecule has 1 amide bonds. The molecule has 0 unspecified atom stereocenters. The number of nitrogens with one attached hydrogen (secondary N) is 2. The van der Waals surface area contributed by atoms with Crippen molar-refractivity contribution in [2.24, 2.45) is 5.92 Å². The van der Waals surface area contributed by atoms with Crippen molar-refractivity contribution in [3.8, 4) is 11.4 Å². The third-order valence-electron chi connectivity index (χ3n) is 5.73. The van der Waals surface area contributed by atoms with Crippen molar-refractivity contribution in [3.05, 3.63) is 62.7 Å². The lowest BCUT2D eigenvalue weighted by Gasteiger charge is -2.30. The number of ether oxygens (including phenoxy) is 1. The van der Waals surface area contributed by atoms with Crippen molar-refractivity contribution in [1.82, 2.24) is 29.6 Å². The van der Waals surface area contributed by atoms with Gasteiger partial charge in [0.15, 0.2) is 5.16 Å². The molecular weight excluding hydrogens is 456 g/mol. The minimum Gasteiger partial charge on any atom is -0.494 e. The molecule has 1 fully saturated rings. The van der Waals surface area contributed by atoms with Crippen molar-refractivity contribution in [2.45, 2.75) is 38.3 Å². The van der Waals surface area contributed by atoms with Gasteiger partial charge in [0, 0.05) is 37.0 Å². The fraction of sp³-hybridized carbons (Fsp3) is 0.435. The monoisotopic (exact) mass is 484 g/mol. The van der Waals surface area contributed by atoms with Gasteiger partial charge in [-0.1, -0.05) is 18.7 Å². The van der Waals surface area contributed by atoms with Crippen LogP contribution in [-0.2, 0) is 11.2 Å². The summed E-state index contributed by atoms with van der Waals surface area (Å²) in [6.45, 7) is 6.26. The predicted molar refractivity (Wildman–Crippen MR) is 129 cm³/mol. The number of hydrogen-bond acceptors (Lipinski definition) is 7. The molecule has 1 aliphatic rings. The lowest BCUT2D eigenvalue weighted by Crippen LogP contribution is -2.38. The number of benzene rings is 1. The van der Waals surface area contributed by atoms with Crippen molar-refractivity contribution < 1.29 is 9.53 Å². The minimum absolute atomic E-state index is 0.0821. The third kappa shape index (κ3) is 5.77. The van der Waals surface area contributed by atoms with Gasteiger partial charge in [-0.15, -0.1) is 10.2 Å². The average molecular weight is 485 g/mol. The third-order valence-corrected chi connectivity index (χ3v) is 6.65. The van der Waals surface area contributed by atoms with Crippen LogP contribution < -0.4 is 16.0 Å². The van der Waals surface area contributed by atoms with Crippen molar-refractivity contribution in [3.63, 3.8) is 0 Å². The summed E-state index contributed by atoms with van der Waals surface area (Å²) in [7, 11) is 0. The molecule has 0 aliphatic carbocycles. The quantitative estimate of drug-likeness (QED) is 0.468. The summed E-state index contributed by atoms with van der Waals surface area (Å²) in [6, 6.07) is 8.80. The number of carbonyl (C=O) groups excluding carboxylic acids is 1. The van der Waals surface area contributed by atoms with Gasteiger partial charge in [-0.3, -0.25) is 19.1 Å². The van der Waals surface area contributed by atoms with Crippen LogP contribution in [0.5, 0.6) is 5.75 Å². The first-order chi connectivity index (χ1) is 16.4. The second-order valence-corrected chi connectivity index (χ2v) is 9.25. The molecule has 0 spiro atoms. The maximum Gasteiger partial charge on any atom is 0.325 e. The molecule has 0 radical (unpaired) electrons. The van der Waals surface area contributed by atoms with Crippen LogP contribution in [-0.4, -0.2) is 61.0 Å². The lowest BCUT2D eigenvalue weighted by molar-refractivity contribution is -0.129. The van der Waals surface area contributed by atoms with Crippen LogP contribution in [0.4, 0.5) is 0 Å². The Bertz CT molecular complexity index is 1210. The molecule has 3 heterocycles. The summed E-state index contributed by atoms with van der Waals surface area (Å²) in [5, 5.41) is 9.19. The van der Waals surface area contributed by atoms with Gasteiger partial charge in [-0.05, 0) is 49.9 Å². The number of carbonyl (C=O) groups is 1. The topological polar surface area (TPSA) is 126 Å². The molecule has 180 valence electrons. The molecule has 4 rings (SSSR count). The highest BCUT2D eigenvalue weighted by atomic mass is 32.2. The highest BCUT2D eigenvalue weighted by Crippen LogP contribution is 2.26. The van der Waals surface area contributed by atoms with E-state index in [1.54, 1.807) is 0 Å². The number of amides is 1. The van der Waals surface area contributed by atoms with Crippen LogP contribution in [0, 0.1) is 5.92 Å². The Morgan fingerprint density at radius 1 is 1.15 bits per heavy atom. The first kappa shape index (κ1) is 23.8. The Hall–Kier alpha value is -3.34. The number of likely N-dealkylation sites (tertiary alicyclic amines) is 1. The van der Waals surface area contributed by atoms with Gasteiger partial charge in [0.05, 0.1) is 12.4 Å². The van der Waals surface area contributed by atoms with Gasteiger partial charge >= 0.3 is 5.69 Å². The fourth-order valence-electron chi connectivity index (χ4n) is 3.89. The van der Waals surface area contributed by atoms with E-state index in [1.165, 1.54) is 17.8 Å². The summed E-state index contributed by atoms with van der Waals surface area (Å²) < 4.78 is 7.38. The maximum absolute atomic E-state index is 12.8. The molecule has 11 heteroatoms. The maximum atomic E-state index is 12.8. The van der Waals surface area contributed by atoms with E-state index >= 15 is 0 Å². The van der Waals surface area contributed by atoms with Crippen LogP contribution in [0.3, 0.4) is 0 Å². The number of rotatable bonds is 8. The van der Waals surface area contributed by atoms with Crippen LogP contribution in [0.1, 0.15) is 38.2 Å². The van der Waals surface area contributed by atoms with Gasteiger partial charge in [-0.2, -0.15) is 0 Å². The number of H-pyrrole nitrogens is 2. The number of hydrogen-bond donors (Lipinski definition) is 2. The van der Waals surface area contributed by atoms with Crippen LogP contribution in [0.2, 0.25) is 0 Å². The van der Waals surface area contributed by atoms with Crippen molar-refractivity contribution >= 4 is 17.7 Å². The minimum atomic E-state index is -0.578. The van der Waals surface area contributed by atoms with E-state index in [4.69, 9.17) is 4.74 Å². The predicted octanol–water partition coefficient (Wildman–Crippen LogP) is 1.98. The Morgan fingerprint density at radius 2 is 1.88 bits per heavy atom. The summed E-state index contributed by atoms with van der Waals surface area (Å²) in [6.07, 6.45) is 2.24.